The molecular formula is C59H117NO9. The van der Waals surface area contributed by atoms with Gasteiger partial charge in [-0.25, -0.2) is 0 Å². The van der Waals surface area contributed by atoms with Gasteiger partial charge < -0.3 is 45.4 Å². The molecule has 7 N–H and O–H groups in total. The number of nitrogens with one attached hydrogen (secondary N) is 1. The Bertz CT molecular complexity index is 1070. The van der Waals surface area contributed by atoms with Gasteiger partial charge >= 0.3 is 0 Å². The fraction of sp³-hybridized carbons (Fsp3) is 0.983. The van der Waals surface area contributed by atoms with E-state index >= 15 is 0 Å². The summed E-state index contributed by atoms with van der Waals surface area (Å²) in [4.78, 5) is 13.1. The van der Waals surface area contributed by atoms with Crippen molar-refractivity contribution >= 4 is 5.91 Å². The van der Waals surface area contributed by atoms with Crippen molar-refractivity contribution in [2.45, 2.75) is 358 Å². The molecule has 10 nitrogen and oxygen atoms in total. The van der Waals surface area contributed by atoms with E-state index in [1.165, 1.54) is 244 Å². The molecule has 1 heterocycles. The van der Waals surface area contributed by atoms with Gasteiger partial charge in [0.15, 0.2) is 6.29 Å². The SMILES string of the molecule is CCCCCCCCCCCCCCCCCCCCCCCCCCCCCCCCCC(=O)N[C@@H](CO[C@@H]1O[C@H](CO)[C@@H](O)C(O)C1O)[C@H](O)[C@H](O)CCCCCCCCCCCCCCC. The minimum absolute atomic E-state index is 0.250. The van der Waals surface area contributed by atoms with E-state index < -0.39 is 55.6 Å². The standard InChI is InChI=1S/C59H117NO9/c1-3-5-7-9-11-13-15-17-18-19-20-21-22-23-24-25-26-27-28-29-30-31-32-33-34-36-38-40-42-44-46-48-54(63)60-51(50-68-59-58(67)57(66)56(65)53(49-61)69-59)55(64)52(62)47-45-43-41-39-37-35-16-14-12-10-8-6-4-2/h51-53,55-59,61-62,64-67H,3-50H2,1-2H3,(H,60,63)/t51-,52+,53+,55-,56+,57?,58?,59+/m0/s1. The third-order valence-electron chi connectivity index (χ3n) is 15.1. The van der Waals surface area contributed by atoms with Crippen molar-refractivity contribution in [1.82, 2.24) is 5.32 Å². The van der Waals surface area contributed by atoms with Crippen molar-refractivity contribution in [3.05, 3.63) is 0 Å². The third-order valence-corrected chi connectivity index (χ3v) is 15.1. The molecule has 0 spiro atoms. The molecule has 8 atom stereocenters. The van der Waals surface area contributed by atoms with Crippen LogP contribution in [0.2, 0.25) is 0 Å². The smallest absolute Gasteiger partial charge is 0.220 e. The van der Waals surface area contributed by atoms with Gasteiger partial charge in [-0.2, -0.15) is 0 Å². The van der Waals surface area contributed by atoms with Gasteiger partial charge in [0.05, 0.1) is 25.4 Å². The molecule has 0 aromatic carbocycles. The van der Waals surface area contributed by atoms with Crippen LogP contribution in [0.25, 0.3) is 0 Å². The molecule has 0 radical (unpaired) electrons. The first-order valence-electron chi connectivity index (χ1n) is 30.3. The second-order valence-corrected chi connectivity index (χ2v) is 21.7. The molecule has 10 heteroatoms. The predicted molar refractivity (Wildman–Crippen MR) is 287 cm³/mol. The molecular weight excluding hydrogens is 867 g/mol. The fourth-order valence-corrected chi connectivity index (χ4v) is 10.2. The van der Waals surface area contributed by atoms with E-state index in [0.717, 1.165) is 38.5 Å². The van der Waals surface area contributed by atoms with Crippen LogP contribution in [0.4, 0.5) is 0 Å². The summed E-state index contributed by atoms with van der Waals surface area (Å²) in [6.07, 6.45) is 48.6. The maximum atomic E-state index is 13.1. The largest absolute Gasteiger partial charge is 0.394 e. The number of hydrogen-bond acceptors (Lipinski definition) is 9. The summed E-state index contributed by atoms with van der Waals surface area (Å²) in [6, 6.07) is -0.986. The quantitative estimate of drug-likeness (QED) is 0.0293. The van der Waals surface area contributed by atoms with Crippen molar-refractivity contribution in [3.63, 3.8) is 0 Å². The minimum Gasteiger partial charge on any atom is -0.394 e. The van der Waals surface area contributed by atoms with Crippen LogP contribution in [-0.4, -0.2) is 98.7 Å². The molecule has 1 amide bonds. The highest BCUT2D eigenvalue weighted by molar-refractivity contribution is 5.76. The lowest BCUT2D eigenvalue weighted by Gasteiger charge is -2.40. The van der Waals surface area contributed by atoms with Gasteiger partial charge in [-0.3, -0.25) is 4.79 Å². The van der Waals surface area contributed by atoms with Crippen LogP contribution in [0.1, 0.15) is 309 Å². The van der Waals surface area contributed by atoms with Crippen molar-refractivity contribution in [2.75, 3.05) is 13.2 Å². The summed E-state index contributed by atoms with van der Waals surface area (Å²) in [5.41, 5.74) is 0. The maximum Gasteiger partial charge on any atom is 0.220 e. The molecule has 1 rings (SSSR count). The number of aliphatic hydroxyl groups excluding tert-OH is 6. The summed E-state index contributed by atoms with van der Waals surface area (Å²) < 4.78 is 11.2. The predicted octanol–water partition coefficient (Wildman–Crippen LogP) is 14.0. The molecule has 0 aromatic heterocycles. The topological polar surface area (TPSA) is 169 Å². The summed E-state index contributed by atoms with van der Waals surface area (Å²) in [5.74, 6) is -0.250. The van der Waals surface area contributed by atoms with Gasteiger partial charge in [-0.05, 0) is 12.8 Å². The highest BCUT2D eigenvalue weighted by Gasteiger charge is 2.44. The molecule has 69 heavy (non-hydrogen) atoms. The number of carbonyl (C=O) groups is 1. The van der Waals surface area contributed by atoms with E-state index in [4.69, 9.17) is 9.47 Å². The molecule has 0 aromatic rings. The first kappa shape index (κ1) is 66.2. The molecule has 1 aliphatic rings. The normalized spacial score (nSPS) is 19.8. The van der Waals surface area contributed by atoms with E-state index in [0.29, 0.717) is 6.42 Å². The first-order valence-corrected chi connectivity index (χ1v) is 30.3. The van der Waals surface area contributed by atoms with Gasteiger partial charge in [0, 0.05) is 6.42 Å². The highest BCUT2D eigenvalue weighted by atomic mass is 16.7. The van der Waals surface area contributed by atoms with E-state index in [1.807, 2.05) is 0 Å². The molecule has 412 valence electrons. The Morgan fingerprint density at radius 3 is 1.07 bits per heavy atom. The van der Waals surface area contributed by atoms with Gasteiger partial charge in [0.2, 0.25) is 5.91 Å². The second-order valence-electron chi connectivity index (χ2n) is 21.7. The lowest BCUT2D eigenvalue weighted by Crippen LogP contribution is -2.60. The van der Waals surface area contributed by atoms with Crippen LogP contribution in [-0.2, 0) is 14.3 Å². The molecule has 2 unspecified atom stereocenters. The Morgan fingerprint density at radius 1 is 0.449 bits per heavy atom. The summed E-state index contributed by atoms with van der Waals surface area (Å²) in [7, 11) is 0. The van der Waals surface area contributed by atoms with Crippen LogP contribution in [0.3, 0.4) is 0 Å². The van der Waals surface area contributed by atoms with Gasteiger partial charge in [0.1, 0.15) is 30.5 Å². The number of hydrogen-bond donors (Lipinski definition) is 7. The Balaban J connectivity index is 2.13. The highest BCUT2D eigenvalue weighted by Crippen LogP contribution is 2.24. The summed E-state index contributed by atoms with van der Waals surface area (Å²) in [6.45, 7) is 3.65. The van der Waals surface area contributed by atoms with E-state index in [1.54, 1.807) is 0 Å². The van der Waals surface area contributed by atoms with E-state index in [-0.39, 0.29) is 18.9 Å². The zero-order chi connectivity index (χ0) is 50.3. The first-order chi connectivity index (χ1) is 33.8. The van der Waals surface area contributed by atoms with Crippen LogP contribution in [0.5, 0.6) is 0 Å². The van der Waals surface area contributed by atoms with E-state index in [9.17, 15) is 35.4 Å². The number of unbranched alkanes of at least 4 members (excludes halogenated alkanes) is 42. The summed E-state index contributed by atoms with van der Waals surface area (Å²) >= 11 is 0. The van der Waals surface area contributed by atoms with E-state index in [2.05, 4.69) is 19.2 Å². The number of carbonyl (C=O) groups excluding carboxylic acids is 1. The van der Waals surface area contributed by atoms with Crippen LogP contribution in [0, 0.1) is 0 Å². The van der Waals surface area contributed by atoms with Crippen molar-refractivity contribution in [1.29, 1.82) is 0 Å². The number of ether oxygens (including phenoxy) is 2. The molecule has 1 fully saturated rings. The molecule has 0 bridgehead atoms. The van der Waals surface area contributed by atoms with Crippen molar-refractivity contribution in [2.24, 2.45) is 0 Å². The second kappa shape index (κ2) is 49.4. The van der Waals surface area contributed by atoms with Crippen molar-refractivity contribution in [3.8, 4) is 0 Å². The van der Waals surface area contributed by atoms with Crippen LogP contribution >= 0.6 is 0 Å². The zero-order valence-corrected chi connectivity index (χ0v) is 45.5. The van der Waals surface area contributed by atoms with Crippen LogP contribution < -0.4 is 5.32 Å². The Kier molecular flexibility index (Phi) is 47.3. The van der Waals surface area contributed by atoms with Gasteiger partial charge in [-0.15, -0.1) is 0 Å². The number of amides is 1. The zero-order valence-electron chi connectivity index (χ0n) is 45.5. The Morgan fingerprint density at radius 2 is 0.754 bits per heavy atom. The lowest BCUT2D eigenvalue weighted by molar-refractivity contribution is -0.303. The minimum atomic E-state index is -1.60. The Labute approximate surface area is 426 Å². The molecule has 0 aliphatic carbocycles. The lowest BCUT2D eigenvalue weighted by atomic mass is 9.98. The van der Waals surface area contributed by atoms with Gasteiger partial charge in [0.25, 0.3) is 0 Å². The molecule has 1 aliphatic heterocycles. The van der Waals surface area contributed by atoms with Crippen molar-refractivity contribution < 1.29 is 44.9 Å². The third kappa shape index (κ3) is 38.4. The fourth-order valence-electron chi connectivity index (χ4n) is 10.2. The number of rotatable bonds is 53. The molecule has 0 saturated carbocycles. The average Bonchev–Trinajstić information content (AvgIpc) is 3.35. The monoisotopic (exact) mass is 984 g/mol. The number of aliphatic hydroxyl groups is 6. The van der Waals surface area contributed by atoms with Gasteiger partial charge in [-0.1, -0.05) is 290 Å². The molecule has 1 saturated heterocycles. The Hall–Kier alpha value is -0.850. The summed E-state index contributed by atoms with van der Waals surface area (Å²) in [5, 5.41) is 65.5. The van der Waals surface area contributed by atoms with Crippen LogP contribution in [0.15, 0.2) is 0 Å². The average molecular weight is 985 g/mol. The maximum absolute atomic E-state index is 13.1.